The number of carbonyl (C=O) groups excluding carboxylic acids is 2. The maximum atomic E-state index is 12.4. The number of ether oxygens (including phenoxy) is 1. The summed E-state index contributed by atoms with van der Waals surface area (Å²) in [6, 6.07) is 20.4. The number of benzene rings is 3. The van der Waals surface area contributed by atoms with Crippen LogP contribution in [-0.2, 0) is 10.3 Å². The molecule has 0 amide bonds. The molecule has 0 radical (unpaired) electrons. The number of hydrogen-bond acceptors (Lipinski definition) is 5. The Morgan fingerprint density at radius 2 is 1.21 bits per heavy atom. The molecule has 1 heterocycles. The first-order valence-corrected chi connectivity index (χ1v) is 8.87. The lowest BCUT2D eigenvalue weighted by Crippen LogP contribution is -2.29. The summed E-state index contributed by atoms with van der Waals surface area (Å²) in [5.41, 5.74) is 1.60. The molecule has 0 fully saturated rings. The second kappa shape index (κ2) is 7.92. The first-order valence-electron chi connectivity index (χ1n) is 8.11. The highest BCUT2D eigenvalue weighted by molar-refractivity contribution is 6.93. The molecule has 0 atom stereocenters. The Bertz CT molecular complexity index is 964. The molecule has 2 N–H and O–H groups in total. The van der Waals surface area contributed by atoms with Gasteiger partial charge in [0.1, 0.15) is 11.5 Å². The van der Waals surface area contributed by atoms with Crippen LogP contribution in [0.1, 0.15) is 27.0 Å². The summed E-state index contributed by atoms with van der Waals surface area (Å²) in [6.07, 6.45) is 0. The fourth-order valence-electron chi connectivity index (χ4n) is 3.20. The average Bonchev–Trinajstić information content (AvgIpc) is 2.97. The highest BCUT2D eigenvalue weighted by Crippen LogP contribution is 2.47. The van der Waals surface area contributed by atoms with E-state index < -0.39 is 16.3 Å². The molecule has 4 rings (SSSR count). The van der Waals surface area contributed by atoms with Gasteiger partial charge in [0.15, 0.2) is 5.60 Å². The number of esters is 1. The van der Waals surface area contributed by atoms with Crippen molar-refractivity contribution in [3.63, 3.8) is 0 Å². The van der Waals surface area contributed by atoms with Gasteiger partial charge in [-0.2, -0.15) is 0 Å². The monoisotopic (exact) mass is 416 g/mol. The zero-order chi connectivity index (χ0) is 20.3. The van der Waals surface area contributed by atoms with Gasteiger partial charge in [-0.3, -0.25) is 4.79 Å². The van der Waals surface area contributed by atoms with Gasteiger partial charge in [-0.05, 0) is 53.5 Å². The van der Waals surface area contributed by atoms with Gasteiger partial charge in [-0.1, -0.05) is 42.5 Å². The highest BCUT2D eigenvalue weighted by Gasteiger charge is 2.48. The first-order chi connectivity index (χ1) is 13.3. The van der Waals surface area contributed by atoms with Crippen LogP contribution in [0.2, 0.25) is 0 Å². The van der Waals surface area contributed by atoms with Crippen molar-refractivity contribution >= 4 is 33.9 Å². The fraction of sp³-hybridized carbons (Fsp3) is 0.0476. The van der Waals surface area contributed by atoms with E-state index in [2.05, 4.69) is 23.2 Å². The van der Waals surface area contributed by atoms with Gasteiger partial charge < -0.3 is 14.9 Å². The molecule has 1 aliphatic rings. The molecule has 142 valence electrons. The van der Waals surface area contributed by atoms with Crippen molar-refractivity contribution in [1.82, 2.24) is 0 Å². The largest absolute Gasteiger partial charge is 0.508 e. The summed E-state index contributed by atoms with van der Waals surface area (Å²) in [4.78, 5) is 21.4. The van der Waals surface area contributed by atoms with Crippen LogP contribution < -0.4 is 0 Å². The number of hydrogen-bond donors (Lipinski definition) is 2. The molecule has 0 unspecified atom stereocenters. The van der Waals surface area contributed by atoms with Crippen LogP contribution >= 0.6 is 23.2 Å². The van der Waals surface area contributed by atoms with Crippen LogP contribution in [0.15, 0.2) is 72.8 Å². The van der Waals surface area contributed by atoms with Crippen LogP contribution in [-0.4, -0.2) is 20.9 Å². The first kappa shape index (κ1) is 19.7. The zero-order valence-electron chi connectivity index (χ0n) is 14.3. The van der Waals surface area contributed by atoms with Gasteiger partial charge in [-0.15, -0.1) is 0 Å². The predicted octanol–water partition coefficient (Wildman–Crippen LogP) is 5.14. The van der Waals surface area contributed by atoms with Crippen molar-refractivity contribution in [3.8, 4) is 11.5 Å². The Kier molecular flexibility index (Phi) is 5.58. The molecule has 3 aromatic carbocycles. The molecule has 0 aliphatic carbocycles. The lowest BCUT2D eigenvalue weighted by atomic mass is 9.80. The van der Waals surface area contributed by atoms with Crippen LogP contribution in [0.3, 0.4) is 0 Å². The van der Waals surface area contributed by atoms with Gasteiger partial charge in [0.25, 0.3) is 0 Å². The number of halogens is 2. The summed E-state index contributed by atoms with van der Waals surface area (Å²) < 4.78 is 4.98. The lowest BCUT2D eigenvalue weighted by molar-refractivity contribution is 0.0251. The van der Waals surface area contributed by atoms with Crippen molar-refractivity contribution < 1.29 is 24.5 Å². The molecule has 0 bridgehead atoms. The number of carbonyl (C=O) groups is 2. The quantitative estimate of drug-likeness (QED) is 0.446. The number of aromatic hydroxyl groups is 2. The van der Waals surface area contributed by atoms with E-state index >= 15 is 0 Å². The second-order valence-electron chi connectivity index (χ2n) is 5.94. The zero-order valence-corrected chi connectivity index (χ0v) is 15.8. The number of fused-ring (bicyclic) bond motifs is 1. The number of cyclic esters (lactones) is 1. The van der Waals surface area contributed by atoms with Crippen molar-refractivity contribution in [3.05, 3.63) is 95.1 Å². The van der Waals surface area contributed by atoms with Gasteiger partial charge in [-0.25, -0.2) is 4.79 Å². The Morgan fingerprint density at radius 1 is 0.786 bits per heavy atom. The van der Waals surface area contributed by atoms with E-state index in [1.807, 2.05) is 12.1 Å². The minimum atomic E-state index is -1.10. The molecule has 5 nitrogen and oxygen atoms in total. The molecule has 28 heavy (non-hydrogen) atoms. The smallest absolute Gasteiger partial charge is 0.340 e. The Hall–Kier alpha value is -3.02. The van der Waals surface area contributed by atoms with E-state index in [9.17, 15) is 15.0 Å². The Labute approximate surface area is 170 Å². The van der Waals surface area contributed by atoms with E-state index in [0.717, 1.165) is 16.7 Å². The van der Waals surface area contributed by atoms with Crippen molar-refractivity contribution in [2.24, 2.45) is 0 Å². The lowest BCUT2D eigenvalue weighted by Gasteiger charge is -2.30. The van der Waals surface area contributed by atoms with Crippen LogP contribution in [0.4, 0.5) is 4.79 Å². The van der Waals surface area contributed by atoms with Gasteiger partial charge >= 0.3 is 10.7 Å². The second-order valence-corrected chi connectivity index (χ2v) is 6.82. The summed E-state index contributed by atoms with van der Waals surface area (Å²) >= 11 is 8.80. The van der Waals surface area contributed by atoms with E-state index in [-0.39, 0.29) is 11.5 Å². The van der Waals surface area contributed by atoms with Crippen molar-refractivity contribution in [1.29, 1.82) is 0 Å². The molecular formula is C21H14Cl2O5. The minimum Gasteiger partial charge on any atom is -0.508 e. The van der Waals surface area contributed by atoms with Crippen LogP contribution in [0.25, 0.3) is 0 Å². The van der Waals surface area contributed by atoms with E-state index in [1.54, 1.807) is 60.7 Å². The van der Waals surface area contributed by atoms with Crippen molar-refractivity contribution in [2.75, 3.05) is 0 Å². The molecule has 3 aromatic rings. The Balaban J connectivity index is 0.000000516. The summed E-state index contributed by atoms with van der Waals surface area (Å²) in [6.45, 7) is 0. The topological polar surface area (TPSA) is 83.8 Å². The van der Waals surface area contributed by atoms with Gasteiger partial charge in [0.2, 0.25) is 0 Å². The third kappa shape index (κ3) is 3.67. The standard InChI is InChI=1S/C20H14O4.CCl2O/c21-15-9-5-13(6-10-15)20(14-7-11-16(22)12-8-14)18-4-2-1-3-17(18)19(23)24-20;2-1(3)4/h1-12,21-22H;. The molecule has 0 aromatic heterocycles. The van der Waals surface area contributed by atoms with E-state index in [4.69, 9.17) is 9.53 Å². The number of phenolic OH excluding ortho intramolecular Hbond substituents is 2. The van der Waals surface area contributed by atoms with Crippen molar-refractivity contribution in [2.45, 2.75) is 5.60 Å². The summed E-state index contributed by atoms with van der Waals surface area (Å²) in [7, 11) is 0. The highest BCUT2D eigenvalue weighted by atomic mass is 35.5. The third-order valence-electron chi connectivity index (χ3n) is 4.32. The molecule has 0 spiro atoms. The van der Waals surface area contributed by atoms with Gasteiger partial charge in [0, 0.05) is 16.7 Å². The minimum absolute atomic E-state index is 0.136. The summed E-state index contributed by atoms with van der Waals surface area (Å²) in [5, 5.41) is 19.2. The molecular weight excluding hydrogens is 403 g/mol. The van der Waals surface area contributed by atoms with Gasteiger partial charge in [0.05, 0.1) is 5.56 Å². The number of rotatable bonds is 2. The van der Waals surface area contributed by atoms with Crippen LogP contribution in [0.5, 0.6) is 11.5 Å². The maximum absolute atomic E-state index is 12.4. The average molecular weight is 417 g/mol. The molecule has 7 heteroatoms. The Morgan fingerprint density at radius 3 is 1.68 bits per heavy atom. The molecule has 0 saturated carbocycles. The summed E-state index contributed by atoms with van der Waals surface area (Å²) in [5.74, 6) is -0.124. The van der Waals surface area contributed by atoms with E-state index in [1.165, 1.54) is 0 Å². The number of phenols is 2. The fourth-order valence-corrected chi connectivity index (χ4v) is 3.20. The molecule has 1 aliphatic heterocycles. The SMILES string of the molecule is O=C(Cl)Cl.O=C1OC(c2ccc(O)cc2)(c2ccc(O)cc2)c2ccccc21. The predicted molar refractivity (Wildman–Crippen MR) is 105 cm³/mol. The maximum Gasteiger partial charge on any atom is 0.340 e. The normalized spacial score (nSPS) is 13.7. The molecule has 0 saturated heterocycles. The third-order valence-corrected chi connectivity index (χ3v) is 4.32. The van der Waals surface area contributed by atoms with E-state index in [0.29, 0.717) is 5.56 Å². The van der Waals surface area contributed by atoms with Crippen LogP contribution in [0, 0.1) is 0 Å².